The molecule has 3 nitrogen and oxygen atoms in total. The minimum atomic E-state index is 0.102. The molecule has 1 atom stereocenters. The first-order valence-corrected chi connectivity index (χ1v) is 7.33. The second-order valence-electron chi connectivity index (χ2n) is 5.53. The topological polar surface area (TPSA) is 46.5 Å². The number of phenolic OH excluding ortho intramolecular Hbond substituents is 1. The fourth-order valence-corrected chi connectivity index (χ4v) is 2.95. The Morgan fingerprint density at radius 3 is 2.55 bits per heavy atom. The highest BCUT2D eigenvalue weighted by molar-refractivity contribution is 5.99. The molecule has 1 N–H and O–H groups in total. The summed E-state index contributed by atoms with van der Waals surface area (Å²) in [7, 11) is 1.56. The first-order chi connectivity index (χ1) is 10.7. The van der Waals surface area contributed by atoms with Gasteiger partial charge in [0.1, 0.15) is 11.5 Å². The largest absolute Gasteiger partial charge is 0.507 e. The maximum absolute atomic E-state index is 12.1. The molecule has 1 aliphatic carbocycles. The monoisotopic (exact) mass is 294 g/mol. The van der Waals surface area contributed by atoms with Gasteiger partial charge in [-0.3, -0.25) is 4.79 Å². The molecule has 112 valence electrons. The Labute approximate surface area is 129 Å². The van der Waals surface area contributed by atoms with Crippen LogP contribution in [-0.2, 0) is 4.79 Å². The van der Waals surface area contributed by atoms with E-state index >= 15 is 0 Å². The van der Waals surface area contributed by atoms with Crippen molar-refractivity contribution in [3.8, 4) is 11.5 Å². The third-order valence-corrected chi connectivity index (χ3v) is 4.07. The zero-order valence-electron chi connectivity index (χ0n) is 12.5. The highest BCUT2D eigenvalue weighted by atomic mass is 16.5. The zero-order chi connectivity index (χ0) is 15.5. The molecule has 3 rings (SSSR count). The van der Waals surface area contributed by atoms with Crippen molar-refractivity contribution < 1.29 is 14.6 Å². The lowest BCUT2D eigenvalue weighted by Gasteiger charge is -2.23. The number of hydrogen-bond acceptors (Lipinski definition) is 3. The Balaban J connectivity index is 1.92. The SMILES string of the molecule is COc1ccc(C2=CC(=O)CC(c3ccccc3)C2)c(O)c1. The van der Waals surface area contributed by atoms with Gasteiger partial charge >= 0.3 is 0 Å². The van der Waals surface area contributed by atoms with Gasteiger partial charge in [0.15, 0.2) is 5.78 Å². The predicted octanol–water partition coefficient (Wildman–Crippen LogP) is 3.93. The van der Waals surface area contributed by atoms with Gasteiger partial charge in [0.2, 0.25) is 0 Å². The van der Waals surface area contributed by atoms with Gasteiger partial charge < -0.3 is 9.84 Å². The average molecular weight is 294 g/mol. The average Bonchev–Trinajstić information content (AvgIpc) is 2.55. The zero-order valence-corrected chi connectivity index (χ0v) is 12.5. The van der Waals surface area contributed by atoms with E-state index in [-0.39, 0.29) is 17.5 Å². The molecular formula is C19H18O3. The van der Waals surface area contributed by atoms with Crippen LogP contribution >= 0.6 is 0 Å². The maximum atomic E-state index is 12.1. The normalized spacial score (nSPS) is 18.0. The molecule has 0 saturated carbocycles. The first kappa shape index (κ1) is 14.4. The Hall–Kier alpha value is -2.55. The van der Waals surface area contributed by atoms with Gasteiger partial charge in [-0.25, -0.2) is 0 Å². The van der Waals surface area contributed by atoms with Crippen molar-refractivity contribution in [1.29, 1.82) is 0 Å². The number of carbonyl (C=O) groups is 1. The molecule has 0 heterocycles. The molecule has 0 saturated heterocycles. The quantitative estimate of drug-likeness (QED) is 0.933. The summed E-state index contributed by atoms with van der Waals surface area (Å²) < 4.78 is 5.10. The summed E-state index contributed by atoms with van der Waals surface area (Å²) in [6, 6.07) is 15.2. The van der Waals surface area contributed by atoms with Crippen LogP contribution < -0.4 is 4.74 Å². The molecule has 0 aromatic heterocycles. The summed E-state index contributed by atoms with van der Waals surface area (Å²) in [5, 5.41) is 10.2. The van der Waals surface area contributed by atoms with E-state index in [1.54, 1.807) is 31.4 Å². The number of hydrogen-bond donors (Lipinski definition) is 1. The van der Waals surface area contributed by atoms with Crippen LogP contribution in [0.1, 0.15) is 29.9 Å². The van der Waals surface area contributed by atoms with Gasteiger partial charge in [0.25, 0.3) is 0 Å². The Morgan fingerprint density at radius 2 is 1.86 bits per heavy atom. The van der Waals surface area contributed by atoms with Crippen molar-refractivity contribution in [2.75, 3.05) is 7.11 Å². The van der Waals surface area contributed by atoms with Gasteiger partial charge in [0, 0.05) is 18.1 Å². The lowest BCUT2D eigenvalue weighted by atomic mass is 9.81. The molecule has 0 aliphatic heterocycles. The minimum Gasteiger partial charge on any atom is -0.507 e. The van der Waals surface area contributed by atoms with Gasteiger partial charge in [-0.15, -0.1) is 0 Å². The van der Waals surface area contributed by atoms with E-state index in [0.29, 0.717) is 17.7 Å². The number of carbonyl (C=O) groups excluding carboxylic acids is 1. The molecule has 0 spiro atoms. The summed E-state index contributed by atoms with van der Waals surface area (Å²) in [5.41, 5.74) is 2.74. The van der Waals surface area contributed by atoms with Gasteiger partial charge in [-0.2, -0.15) is 0 Å². The summed E-state index contributed by atoms with van der Waals surface area (Å²) in [5.74, 6) is 1.01. The lowest BCUT2D eigenvalue weighted by molar-refractivity contribution is -0.115. The second kappa shape index (κ2) is 6.06. The fourth-order valence-electron chi connectivity index (χ4n) is 2.95. The van der Waals surface area contributed by atoms with Crippen LogP contribution in [0.4, 0.5) is 0 Å². The van der Waals surface area contributed by atoms with Crippen LogP contribution in [0.3, 0.4) is 0 Å². The number of methoxy groups -OCH3 is 1. The smallest absolute Gasteiger partial charge is 0.156 e. The molecular weight excluding hydrogens is 276 g/mol. The Morgan fingerprint density at radius 1 is 1.09 bits per heavy atom. The van der Waals surface area contributed by atoms with Crippen molar-refractivity contribution in [1.82, 2.24) is 0 Å². The molecule has 2 aromatic carbocycles. The Bertz CT molecular complexity index is 717. The summed E-state index contributed by atoms with van der Waals surface area (Å²) in [6.07, 6.45) is 2.92. The summed E-state index contributed by atoms with van der Waals surface area (Å²) in [6.45, 7) is 0. The van der Waals surface area contributed by atoms with Crippen LogP contribution in [-0.4, -0.2) is 18.0 Å². The van der Waals surface area contributed by atoms with Gasteiger partial charge in [-0.05, 0) is 41.7 Å². The number of ketones is 1. The molecule has 0 bridgehead atoms. The molecule has 3 heteroatoms. The van der Waals surface area contributed by atoms with E-state index < -0.39 is 0 Å². The van der Waals surface area contributed by atoms with Crippen LogP contribution in [0, 0.1) is 0 Å². The van der Waals surface area contributed by atoms with Crippen LogP contribution in [0.25, 0.3) is 5.57 Å². The molecule has 2 aromatic rings. The summed E-state index contributed by atoms with van der Waals surface area (Å²) in [4.78, 5) is 12.1. The first-order valence-electron chi connectivity index (χ1n) is 7.33. The number of aromatic hydroxyl groups is 1. The number of allylic oxidation sites excluding steroid dienone is 2. The maximum Gasteiger partial charge on any atom is 0.156 e. The third-order valence-electron chi connectivity index (χ3n) is 4.07. The fraction of sp³-hybridized carbons (Fsp3) is 0.211. The second-order valence-corrected chi connectivity index (χ2v) is 5.53. The number of ether oxygens (including phenoxy) is 1. The van der Waals surface area contributed by atoms with Crippen molar-refractivity contribution in [2.24, 2.45) is 0 Å². The van der Waals surface area contributed by atoms with Gasteiger partial charge in [-0.1, -0.05) is 30.3 Å². The summed E-state index contributed by atoms with van der Waals surface area (Å²) >= 11 is 0. The van der Waals surface area contributed by atoms with E-state index in [4.69, 9.17) is 4.74 Å². The molecule has 1 unspecified atom stereocenters. The molecule has 1 aliphatic rings. The molecule has 0 radical (unpaired) electrons. The minimum absolute atomic E-state index is 0.102. The van der Waals surface area contributed by atoms with Crippen molar-refractivity contribution >= 4 is 11.4 Å². The van der Waals surface area contributed by atoms with E-state index in [1.165, 1.54) is 0 Å². The highest BCUT2D eigenvalue weighted by Crippen LogP contribution is 2.39. The number of rotatable bonds is 3. The molecule has 22 heavy (non-hydrogen) atoms. The van der Waals surface area contributed by atoms with Crippen LogP contribution in [0.15, 0.2) is 54.6 Å². The number of benzene rings is 2. The van der Waals surface area contributed by atoms with Crippen molar-refractivity contribution in [3.05, 3.63) is 65.7 Å². The number of phenols is 1. The Kier molecular flexibility index (Phi) is 3.96. The molecule has 0 fully saturated rings. The predicted molar refractivity (Wildman–Crippen MR) is 86.1 cm³/mol. The van der Waals surface area contributed by atoms with Crippen molar-refractivity contribution in [3.63, 3.8) is 0 Å². The van der Waals surface area contributed by atoms with Crippen molar-refractivity contribution in [2.45, 2.75) is 18.8 Å². The van der Waals surface area contributed by atoms with Crippen LogP contribution in [0.2, 0.25) is 0 Å². The van der Waals surface area contributed by atoms with Gasteiger partial charge in [0.05, 0.1) is 7.11 Å². The highest BCUT2D eigenvalue weighted by Gasteiger charge is 2.24. The molecule has 0 amide bonds. The van der Waals surface area contributed by atoms with E-state index in [9.17, 15) is 9.90 Å². The van der Waals surface area contributed by atoms with E-state index in [1.807, 2.05) is 18.2 Å². The van der Waals surface area contributed by atoms with E-state index in [2.05, 4.69) is 12.1 Å². The third kappa shape index (κ3) is 2.89. The standard InChI is InChI=1S/C19H18O3/c1-22-17-7-8-18(19(21)12-17)15-9-14(10-16(20)11-15)13-5-3-2-4-6-13/h2-8,11-12,14,21H,9-10H2,1H3. The van der Waals surface area contributed by atoms with Crippen LogP contribution in [0.5, 0.6) is 11.5 Å². The lowest BCUT2D eigenvalue weighted by Crippen LogP contribution is -2.12. The van der Waals surface area contributed by atoms with E-state index in [0.717, 1.165) is 17.6 Å².